The fourth-order valence-electron chi connectivity index (χ4n) is 2.92. The third-order valence-electron chi connectivity index (χ3n) is 4.00. The van der Waals surface area contributed by atoms with Gasteiger partial charge in [0.1, 0.15) is 5.82 Å². The zero-order valence-electron chi connectivity index (χ0n) is 12.4. The predicted molar refractivity (Wildman–Crippen MR) is 80.8 cm³/mol. The summed E-state index contributed by atoms with van der Waals surface area (Å²) in [6.07, 6.45) is 6.52. The average Bonchev–Trinajstić information content (AvgIpc) is 2.72. The summed E-state index contributed by atoms with van der Waals surface area (Å²) in [6.45, 7) is 3.30. The summed E-state index contributed by atoms with van der Waals surface area (Å²) in [7, 11) is 0. The van der Waals surface area contributed by atoms with Crippen molar-refractivity contribution in [3.05, 3.63) is 23.4 Å². The first-order valence-corrected chi connectivity index (χ1v) is 7.76. The van der Waals surface area contributed by atoms with Gasteiger partial charge in [0.05, 0.1) is 19.3 Å². The first-order chi connectivity index (χ1) is 9.78. The summed E-state index contributed by atoms with van der Waals surface area (Å²) in [5.41, 5.74) is 1.95. The second kappa shape index (κ2) is 7.60. The molecule has 0 spiro atoms. The second-order valence-corrected chi connectivity index (χ2v) is 5.61. The molecule has 0 amide bonds. The zero-order chi connectivity index (χ0) is 14.4. The topological polar surface area (TPSA) is 56.6 Å². The van der Waals surface area contributed by atoms with Crippen molar-refractivity contribution >= 4 is 5.82 Å². The number of nitrogens with zero attached hydrogens (tertiary/aromatic N) is 2. The van der Waals surface area contributed by atoms with E-state index in [1.165, 1.54) is 12.8 Å². The van der Waals surface area contributed by atoms with E-state index in [2.05, 4.69) is 11.8 Å². The summed E-state index contributed by atoms with van der Waals surface area (Å²) < 4.78 is 0. The molecule has 0 aliphatic carbocycles. The number of rotatable bonds is 5. The summed E-state index contributed by atoms with van der Waals surface area (Å²) in [5.74, 6) is 0.918. The predicted octanol–water partition coefficient (Wildman–Crippen LogP) is 2.27. The maximum Gasteiger partial charge on any atom is 0.129 e. The summed E-state index contributed by atoms with van der Waals surface area (Å²) >= 11 is 0. The minimum Gasteiger partial charge on any atom is -0.394 e. The minimum absolute atomic E-state index is 0.0455. The molecule has 2 heterocycles. The number of aliphatic hydroxyl groups excluding tert-OH is 2. The minimum atomic E-state index is 0.0455. The molecule has 1 unspecified atom stereocenters. The van der Waals surface area contributed by atoms with Gasteiger partial charge < -0.3 is 15.1 Å². The smallest absolute Gasteiger partial charge is 0.129 e. The van der Waals surface area contributed by atoms with Gasteiger partial charge in [0.15, 0.2) is 0 Å². The van der Waals surface area contributed by atoms with Crippen LogP contribution in [0.1, 0.15) is 50.3 Å². The van der Waals surface area contributed by atoms with E-state index in [4.69, 9.17) is 4.98 Å². The van der Waals surface area contributed by atoms with Crippen molar-refractivity contribution in [1.29, 1.82) is 0 Å². The Balaban J connectivity index is 2.30. The van der Waals surface area contributed by atoms with Crippen LogP contribution in [0, 0.1) is 0 Å². The molecular weight excluding hydrogens is 252 g/mol. The van der Waals surface area contributed by atoms with Gasteiger partial charge in [-0.15, -0.1) is 0 Å². The van der Waals surface area contributed by atoms with Crippen LogP contribution < -0.4 is 4.90 Å². The molecule has 20 heavy (non-hydrogen) atoms. The van der Waals surface area contributed by atoms with Crippen LogP contribution in [0.25, 0.3) is 0 Å². The number of hydrogen-bond donors (Lipinski definition) is 2. The Hall–Kier alpha value is -1.13. The standard InChI is InChI=1S/C16H26N2O2/c1-2-6-14-9-13(11-19)10-16(17-14)18-8-5-3-4-7-15(18)12-20/h9-10,15,19-20H,2-8,11-12H2,1H3. The molecule has 2 N–H and O–H groups in total. The Morgan fingerprint density at radius 1 is 1.25 bits per heavy atom. The molecule has 0 radical (unpaired) electrons. The highest BCUT2D eigenvalue weighted by atomic mass is 16.3. The Bertz CT molecular complexity index is 423. The maximum absolute atomic E-state index is 9.63. The molecule has 1 aliphatic rings. The Kier molecular flexibility index (Phi) is 5.80. The Morgan fingerprint density at radius 3 is 2.80 bits per heavy atom. The highest BCUT2D eigenvalue weighted by Gasteiger charge is 2.22. The first kappa shape index (κ1) is 15.3. The van der Waals surface area contributed by atoms with Gasteiger partial charge >= 0.3 is 0 Å². The fraction of sp³-hybridized carbons (Fsp3) is 0.688. The first-order valence-electron chi connectivity index (χ1n) is 7.76. The third kappa shape index (κ3) is 3.70. The van der Waals surface area contributed by atoms with E-state index >= 15 is 0 Å². The van der Waals surface area contributed by atoms with E-state index in [0.29, 0.717) is 0 Å². The summed E-state index contributed by atoms with van der Waals surface area (Å²) in [4.78, 5) is 6.97. The molecule has 1 aromatic rings. The third-order valence-corrected chi connectivity index (χ3v) is 4.00. The molecule has 2 rings (SSSR count). The molecule has 1 fully saturated rings. The number of anilines is 1. The second-order valence-electron chi connectivity index (χ2n) is 5.61. The molecule has 0 bridgehead atoms. The molecule has 1 aliphatic heterocycles. The molecule has 1 aromatic heterocycles. The van der Waals surface area contributed by atoms with Crippen molar-refractivity contribution in [1.82, 2.24) is 4.98 Å². The summed E-state index contributed by atoms with van der Waals surface area (Å²) in [6, 6.07) is 4.11. The van der Waals surface area contributed by atoms with Crippen LogP contribution in [0.4, 0.5) is 5.82 Å². The van der Waals surface area contributed by atoms with Crippen LogP contribution in [0.15, 0.2) is 12.1 Å². The van der Waals surface area contributed by atoms with E-state index in [9.17, 15) is 10.2 Å². The van der Waals surface area contributed by atoms with Gasteiger partial charge in [-0.3, -0.25) is 0 Å². The van der Waals surface area contributed by atoms with E-state index < -0.39 is 0 Å². The van der Waals surface area contributed by atoms with Crippen LogP contribution in [0.5, 0.6) is 0 Å². The quantitative estimate of drug-likeness (QED) is 0.867. The van der Waals surface area contributed by atoms with Crippen LogP contribution in [0.3, 0.4) is 0 Å². The van der Waals surface area contributed by atoms with Crippen molar-refractivity contribution in [2.75, 3.05) is 18.1 Å². The van der Waals surface area contributed by atoms with Gasteiger partial charge in [-0.25, -0.2) is 4.98 Å². The van der Waals surface area contributed by atoms with E-state index in [1.54, 1.807) is 0 Å². The van der Waals surface area contributed by atoms with Crippen LogP contribution in [0.2, 0.25) is 0 Å². The van der Waals surface area contributed by atoms with Gasteiger partial charge in [0.25, 0.3) is 0 Å². The van der Waals surface area contributed by atoms with Crippen molar-refractivity contribution in [3.63, 3.8) is 0 Å². The fourth-order valence-corrected chi connectivity index (χ4v) is 2.92. The molecule has 4 nitrogen and oxygen atoms in total. The van der Waals surface area contributed by atoms with Crippen LogP contribution in [-0.2, 0) is 13.0 Å². The van der Waals surface area contributed by atoms with Crippen molar-refractivity contribution in [3.8, 4) is 0 Å². The van der Waals surface area contributed by atoms with Crippen molar-refractivity contribution in [2.24, 2.45) is 0 Å². The molecule has 4 heteroatoms. The molecule has 1 atom stereocenters. The largest absolute Gasteiger partial charge is 0.394 e. The lowest BCUT2D eigenvalue weighted by molar-refractivity contribution is 0.254. The summed E-state index contributed by atoms with van der Waals surface area (Å²) in [5, 5.41) is 19.1. The Morgan fingerprint density at radius 2 is 2.10 bits per heavy atom. The average molecular weight is 278 g/mol. The van der Waals surface area contributed by atoms with Gasteiger partial charge in [-0.1, -0.05) is 26.2 Å². The van der Waals surface area contributed by atoms with Gasteiger partial charge in [0.2, 0.25) is 0 Å². The molecule has 1 saturated heterocycles. The lowest BCUT2D eigenvalue weighted by atomic mass is 10.1. The molecule has 112 valence electrons. The zero-order valence-corrected chi connectivity index (χ0v) is 12.4. The maximum atomic E-state index is 9.63. The number of aryl methyl sites for hydroxylation is 1. The van der Waals surface area contributed by atoms with Gasteiger partial charge in [0, 0.05) is 12.2 Å². The van der Waals surface area contributed by atoms with Crippen LogP contribution in [-0.4, -0.2) is 34.4 Å². The lowest BCUT2D eigenvalue weighted by Gasteiger charge is -2.30. The van der Waals surface area contributed by atoms with Gasteiger partial charge in [-0.2, -0.15) is 0 Å². The van der Waals surface area contributed by atoms with Crippen LogP contribution >= 0.6 is 0 Å². The van der Waals surface area contributed by atoms with E-state index in [1.807, 2.05) is 12.1 Å². The van der Waals surface area contributed by atoms with Crippen molar-refractivity contribution < 1.29 is 10.2 Å². The van der Waals surface area contributed by atoms with E-state index in [-0.39, 0.29) is 19.3 Å². The Labute approximate surface area is 121 Å². The molecular formula is C16H26N2O2. The highest BCUT2D eigenvalue weighted by molar-refractivity contribution is 5.44. The van der Waals surface area contributed by atoms with E-state index in [0.717, 1.165) is 49.3 Å². The normalized spacial score (nSPS) is 19.9. The number of aliphatic hydroxyl groups is 2. The monoisotopic (exact) mass is 278 g/mol. The number of pyridine rings is 1. The number of hydrogen-bond acceptors (Lipinski definition) is 4. The highest BCUT2D eigenvalue weighted by Crippen LogP contribution is 2.24. The SMILES string of the molecule is CCCc1cc(CO)cc(N2CCCCCC2CO)n1. The molecule has 0 aromatic carbocycles. The van der Waals surface area contributed by atoms with Gasteiger partial charge in [-0.05, 0) is 37.0 Å². The number of aromatic nitrogens is 1. The van der Waals surface area contributed by atoms with Crippen molar-refractivity contribution in [2.45, 2.75) is 58.1 Å². The molecule has 0 saturated carbocycles. The lowest BCUT2D eigenvalue weighted by Crippen LogP contribution is -2.38.